The third-order valence-electron chi connectivity index (χ3n) is 3.61. The molecule has 0 atom stereocenters. The average molecular weight is 378 g/mol. The summed E-state index contributed by atoms with van der Waals surface area (Å²) in [5.74, 6) is 0.558. The highest BCUT2D eigenvalue weighted by molar-refractivity contribution is 6.31. The van der Waals surface area contributed by atoms with Crippen LogP contribution in [0.25, 0.3) is 11.1 Å². The molecule has 0 spiro atoms. The van der Waals surface area contributed by atoms with Crippen molar-refractivity contribution in [3.8, 4) is 17.0 Å². The van der Waals surface area contributed by atoms with Gasteiger partial charge < -0.3 is 9.84 Å². The van der Waals surface area contributed by atoms with Crippen LogP contribution in [0.1, 0.15) is 18.2 Å². The van der Waals surface area contributed by atoms with Crippen LogP contribution in [0.15, 0.2) is 42.7 Å². The minimum absolute atomic E-state index is 0.193. The van der Waals surface area contributed by atoms with E-state index in [1.165, 1.54) is 0 Å². The van der Waals surface area contributed by atoms with Gasteiger partial charge in [-0.15, -0.1) is 0 Å². The molecule has 3 aromatic rings. The fourth-order valence-corrected chi connectivity index (χ4v) is 2.91. The maximum Gasteiger partial charge on any atom is 0.221 e. The van der Waals surface area contributed by atoms with E-state index in [1.54, 1.807) is 17.1 Å². The number of hydrogen-bond acceptors (Lipinski definition) is 4. The van der Waals surface area contributed by atoms with E-state index < -0.39 is 0 Å². The number of aromatic nitrogens is 3. The van der Waals surface area contributed by atoms with Crippen molar-refractivity contribution in [1.82, 2.24) is 14.8 Å². The number of ether oxygens (including phenoxy) is 1. The van der Waals surface area contributed by atoms with Gasteiger partial charge in [0.25, 0.3) is 0 Å². The normalized spacial score (nSPS) is 10.9. The summed E-state index contributed by atoms with van der Waals surface area (Å²) in [5.41, 5.74) is 3.18. The molecule has 3 rings (SSSR count). The van der Waals surface area contributed by atoms with Gasteiger partial charge in [-0.05, 0) is 36.2 Å². The summed E-state index contributed by atoms with van der Waals surface area (Å²) >= 11 is 12.1. The van der Waals surface area contributed by atoms with Gasteiger partial charge in [0.05, 0.1) is 24.8 Å². The first-order valence-electron chi connectivity index (χ1n) is 7.81. The van der Waals surface area contributed by atoms with E-state index >= 15 is 0 Å². The number of hydrogen-bond donors (Lipinski definition) is 1. The second kappa shape index (κ2) is 7.87. The van der Waals surface area contributed by atoms with Crippen LogP contribution in [0.3, 0.4) is 0 Å². The van der Waals surface area contributed by atoms with Crippen LogP contribution in [0.4, 0.5) is 0 Å². The number of aliphatic hydroxyl groups excluding tert-OH is 1. The van der Waals surface area contributed by atoms with Gasteiger partial charge in [0.15, 0.2) is 0 Å². The SMILES string of the molecule is CCOc1ncc(Cn2cc(Cl)c(CO)n2)cc1-c1cccc(Cl)c1. The van der Waals surface area contributed by atoms with Gasteiger partial charge in [0.1, 0.15) is 5.69 Å². The van der Waals surface area contributed by atoms with Crippen LogP contribution >= 0.6 is 23.2 Å². The Morgan fingerprint density at radius 2 is 2.08 bits per heavy atom. The molecule has 0 aliphatic heterocycles. The summed E-state index contributed by atoms with van der Waals surface area (Å²) < 4.78 is 7.32. The van der Waals surface area contributed by atoms with E-state index in [1.807, 2.05) is 37.3 Å². The van der Waals surface area contributed by atoms with Gasteiger partial charge in [-0.3, -0.25) is 4.68 Å². The molecule has 0 amide bonds. The van der Waals surface area contributed by atoms with Crippen LogP contribution < -0.4 is 4.74 Å². The number of benzene rings is 1. The molecule has 0 fully saturated rings. The highest BCUT2D eigenvalue weighted by atomic mass is 35.5. The van der Waals surface area contributed by atoms with Gasteiger partial charge in [0.2, 0.25) is 5.88 Å². The second-order valence-electron chi connectivity index (χ2n) is 5.42. The van der Waals surface area contributed by atoms with Crippen molar-refractivity contribution in [2.45, 2.75) is 20.1 Å². The fourth-order valence-electron chi connectivity index (χ4n) is 2.51. The lowest BCUT2D eigenvalue weighted by molar-refractivity contribution is 0.275. The van der Waals surface area contributed by atoms with Gasteiger partial charge in [0, 0.05) is 23.0 Å². The molecular formula is C18H17Cl2N3O2. The van der Waals surface area contributed by atoms with Crippen molar-refractivity contribution in [2.24, 2.45) is 0 Å². The lowest BCUT2D eigenvalue weighted by atomic mass is 10.1. The highest BCUT2D eigenvalue weighted by Gasteiger charge is 2.12. The van der Waals surface area contributed by atoms with Crippen LogP contribution in [-0.4, -0.2) is 26.5 Å². The zero-order valence-corrected chi connectivity index (χ0v) is 15.1. The van der Waals surface area contributed by atoms with E-state index in [0.717, 1.165) is 16.7 Å². The quantitative estimate of drug-likeness (QED) is 0.699. The molecule has 1 N–H and O–H groups in total. The van der Waals surface area contributed by atoms with Crippen LogP contribution in [0.2, 0.25) is 10.0 Å². The summed E-state index contributed by atoms with van der Waals surface area (Å²) in [5, 5.41) is 14.6. The maximum atomic E-state index is 9.21. The third-order valence-corrected chi connectivity index (χ3v) is 4.16. The van der Waals surface area contributed by atoms with Crippen molar-refractivity contribution >= 4 is 23.2 Å². The number of pyridine rings is 1. The smallest absolute Gasteiger partial charge is 0.221 e. The Kier molecular flexibility index (Phi) is 5.58. The monoisotopic (exact) mass is 377 g/mol. The van der Waals surface area contributed by atoms with E-state index in [4.69, 9.17) is 27.9 Å². The summed E-state index contributed by atoms with van der Waals surface area (Å²) in [6.07, 6.45) is 3.43. The van der Waals surface area contributed by atoms with E-state index in [9.17, 15) is 5.11 Å². The molecule has 7 heteroatoms. The fraction of sp³-hybridized carbons (Fsp3) is 0.222. The molecule has 5 nitrogen and oxygen atoms in total. The van der Waals surface area contributed by atoms with Crippen LogP contribution in [0, 0.1) is 0 Å². The molecule has 0 unspecified atom stereocenters. The number of rotatable bonds is 6. The van der Waals surface area contributed by atoms with Gasteiger partial charge >= 0.3 is 0 Å². The molecule has 2 heterocycles. The zero-order chi connectivity index (χ0) is 17.8. The topological polar surface area (TPSA) is 60.2 Å². The average Bonchev–Trinajstić information content (AvgIpc) is 2.96. The largest absolute Gasteiger partial charge is 0.478 e. The van der Waals surface area contributed by atoms with Gasteiger partial charge in [-0.1, -0.05) is 35.3 Å². The standard InChI is InChI=1S/C18H17Cl2N3O2/c1-2-25-18-15(13-4-3-5-14(19)7-13)6-12(8-21-18)9-23-10-16(20)17(11-24)22-23/h3-8,10,24H,2,9,11H2,1H3. The number of aliphatic hydroxyl groups is 1. The molecule has 25 heavy (non-hydrogen) atoms. The summed E-state index contributed by atoms with van der Waals surface area (Å²) in [7, 11) is 0. The van der Waals surface area contributed by atoms with Crippen molar-refractivity contribution in [1.29, 1.82) is 0 Å². The molecule has 0 aliphatic carbocycles. The molecule has 0 bridgehead atoms. The molecule has 0 saturated heterocycles. The zero-order valence-electron chi connectivity index (χ0n) is 13.6. The van der Waals surface area contributed by atoms with Crippen molar-refractivity contribution in [2.75, 3.05) is 6.61 Å². The molecule has 0 aliphatic rings. The first kappa shape index (κ1) is 17.7. The lowest BCUT2D eigenvalue weighted by Crippen LogP contribution is -2.04. The Hall–Kier alpha value is -2.08. The second-order valence-corrected chi connectivity index (χ2v) is 6.26. The lowest BCUT2D eigenvalue weighted by Gasteiger charge is -2.12. The Bertz CT molecular complexity index is 881. The minimum Gasteiger partial charge on any atom is -0.478 e. The molecule has 2 aromatic heterocycles. The summed E-state index contributed by atoms with van der Waals surface area (Å²) in [6.45, 7) is 2.72. The van der Waals surface area contributed by atoms with Crippen molar-refractivity contribution < 1.29 is 9.84 Å². The Morgan fingerprint density at radius 1 is 1.24 bits per heavy atom. The predicted octanol–water partition coefficient (Wildman–Crippen LogP) is 4.19. The molecule has 1 aromatic carbocycles. The van der Waals surface area contributed by atoms with Gasteiger partial charge in [-0.2, -0.15) is 5.10 Å². The molecular weight excluding hydrogens is 361 g/mol. The Balaban J connectivity index is 1.97. The molecule has 0 radical (unpaired) electrons. The summed E-state index contributed by atoms with van der Waals surface area (Å²) in [6, 6.07) is 9.55. The Morgan fingerprint density at radius 3 is 2.76 bits per heavy atom. The van der Waals surface area contributed by atoms with Crippen molar-refractivity contribution in [3.63, 3.8) is 0 Å². The number of nitrogens with zero attached hydrogens (tertiary/aromatic N) is 3. The van der Waals surface area contributed by atoms with Crippen molar-refractivity contribution in [3.05, 3.63) is 64.0 Å². The summed E-state index contributed by atoms with van der Waals surface area (Å²) in [4.78, 5) is 4.43. The Labute approximate surface area is 155 Å². The minimum atomic E-state index is -0.193. The first-order valence-corrected chi connectivity index (χ1v) is 8.56. The third kappa shape index (κ3) is 4.12. The first-order chi connectivity index (χ1) is 12.1. The van der Waals surface area contributed by atoms with E-state index in [2.05, 4.69) is 10.1 Å². The maximum absolute atomic E-state index is 9.21. The highest BCUT2D eigenvalue weighted by Crippen LogP contribution is 2.31. The number of halogens is 2. The molecule has 0 saturated carbocycles. The van der Waals surface area contributed by atoms with Gasteiger partial charge in [-0.25, -0.2) is 4.98 Å². The molecule has 130 valence electrons. The van der Waals surface area contributed by atoms with Crippen LogP contribution in [0.5, 0.6) is 5.88 Å². The van der Waals surface area contributed by atoms with E-state index in [0.29, 0.717) is 34.8 Å². The van der Waals surface area contributed by atoms with E-state index in [-0.39, 0.29) is 6.61 Å². The van der Waals surface area contributed by atoms with Crippen LogP contribution in [-0.2, 0) is 13.2 Å². The predicted molar refractivity (Wildman–Crippen MR) is 98.1 cm³/mol.